The van der Waals surface area contributed by atoms with E-state index in [-0.39, 0.29) is 17.0 Å². The van der Waals surface area contributed by atoms with Gasteiger partial charge in [-0.05, 0) is 29.8 Å². The van der Waals surface area contributed by atoms with E-state index in [9.17, 15) is 9.59 Å². The highest BCUT2D eigenvalue weighted by Gasteiger charge is 2.11. The van der Waals surface area contributed by atoms with Gasteiger partial charge in [-0.1, -0.05) is 35.5 Å². The second-order valence-electron chi connectivity index (χ2n) is 6.08. The third-order valence-electron chi connectivity index (χ3n) is 4.18. The first kappa shape index (κ1) is 16.6. The van der Waals surface area contributed by atoms with Crippen LogP contribution in [0.1, 0.15) is 15.9 Å². The minimum absolute atomic E-state index is 0.187. The Hall–Kier alpha value is -3.81. The largest absolute Gasteiger partial charge is 0.322 e. The van der Waals surface area contributed by atoms with Crippen LogP contribution in [0.4, 0.5) is 5.69 Å². The van der Waals surface area contributed by atoms with Crippen LogP contribution in [0.2, 0.25) is 0 Å². The fourth-order valence-electron chi connectivity index (χ4n) is 2.74. The van der Waals surface area contributed by atoms with Crippen LogP contribution in [0.15, 0.2) is 65.7 Å². The highest BCUT2D eigenvalue weighted by Crippen LogP contribution is 2.11. The number of hydrogen-bond acceptors (Lipinski definition) is 5. The molecule has 0 aliphatic heterocycles. The molecule has 0 saturated carbocycles. The second-order valence-corrected chi connectivity index (χ2v) is 6.08. The molecular weight excluding hydrogens is 344 g/mol. The van der Waals surface area contributed by atoms with Gasteiger partial charge in [0, 0.05) is 18.3 Å². The Labute approximate surface area is 154 Å². The Balaban J connectivity index is 1.52. The summed E-state index contributed by atoms with van der Waals surface area (Å²) in [6.45, 7) is 0.332. The highest BCUT2D eigenvalue weighted by molar-refractivity contribution is 6.04. The lowest BCUT2D eigenvalue weighted by Crippen LogP contribution is -2.21. The molecule has 0 radical (unpaired) electrons. The van der Waals surface area contributed by atoms with Gasteiger partial charge < -0.3 is 5.32 Å². The zero-order valence-corrected chi connectivity index (χ0v) is 14.5. The molecular formula is C19H16N6O2. The fourth-order valence-corrected chi connectivity index (χ4v) is 2.74. The quantitative estimate of drug-likeness (QED) is 0.599. The van der Waals surface area contributed by atoms with Crippen LogP contribution in [0.5, 0.6) is 0 Å². The summed E-state index contributed by atoms with van der Waals surface area (Å²) in [6.07, 6.45) is 1.48. The molecule has 27 heavy (non-hydrogen) atoms. The number of hydrogen-bond donors (Lipinski definition) is 1. The SMILES string of the molecule is Cn1nnc2c(=O)n(Cc3ccc(C(=O)Nc4ccccc4)cc3)cnc21. The molecule has 0 saturated heterocycles. The minimum Gasteiger partial charge on any atom is -0.322 e. The van der Waals surface area contributed by atoms with E-state index < -0.39 is 0 Å². The summed E-state index contributed by atoms with van der Waals surface area (Å²) < 4.78 is 2.93. The van der Waals surface area contributed by atoms with Crippen molar-refractivity contribution >= 4 is 22.8 Å². The number of carbonyl (C=O) groups is 1. The molecule has 2 heterocycles. The van der Waals surface area contributed by atoms with Crippen molar-refractivity contribution in [2.24, 2.45) is 7.05 Å². The number of aromatic nitrogens is 5. The first-order valence-corrected chi connectivity index (χ1v) is 8.32. The van der Waals surface area contributed by atoms with E-state index in [0.29, 0.717) is 17.8 Å². The number of benzene rings is 2. The standard InChI is InChI=1S/C19H16N6O2/c1-24-17-16(22-23-24)19(27)25(12-20-17)11-13-7-9-14(10-8-13)18(26)21-15-5-3-2-4-6-15/h2-10,12H,11H2,1H3,(H,21,26). The molecule has 0 unspecified atom stereocenters. The number of anilines is 1. The Morgan fingerprint density at radius 3 is 2.56 bits per heavy atom. The lowest BCUT2D eigenvalue weighted by molar-refractivity contribution is 0.102. The summed E-state index contributed by atoms with van der Waals surface area (Å²) in [5.74, 6) is -0.187. The van der Waals surface area contributed by atoms with Crippen LogP contribution in [0.25, 0.3) is 11.2 Å². The predicted molar refractivity (Wildman–Crippen MR) is 101 cm³/mol. The summed E-state index contributed by atoms with van der Waals surface area (Å²) in [7, 11) is 1.69. The van der Waals surface area contributed by atoms with Crippen LogP contribution >= 0.6 is 0 Å². The van der Waals surface area contributed by atoms with Crippen LogP contribution < -0.4 is 10.9 Å². The molecule has 0 bridgehead atoms. The molecule has 4 rings (SSSR count). The van der Waals surface area contributed by atoms with Crippen LogP contribution in [0, 0.1) is 0 Å². The van der Waals surface area contributed by atoms with Gasteiger partial charge in [-0.15, -0.1) is 5.10 Å². The van der Waals surface area contributed by atoms with Gasteiger partial charge in [-0.25, -0.2) is 9.67 Å². The zero-order chi connectivity index (χ0) is 18.8. The highest BCUT2D eigenvalue weighted by atomic mass is 16.1. The van der Waals surface area contributed by atoms with E-state index in [4.69, 9.17) is 0 Å². The average molecular weight is 360 g/mol. The molecule has 8 nitrogen and oxygen atoms in total. The Kier molecular flexibility index (Phi) is 4.21. The monoisotopic (exact) mass is 360 g/mol. The predicted octanol–water partition coefficient (Wildman–Crippen LogP) is 1.83. The number of fused-ring (bicyclic) bond motifs is 1. The Bertz CT molecular complexity index is 1160. The number of nitrogens with one attached hydrogen (secondary N) is 1. The van der Waals surface area contributed by atoms with Crippen molar-refractivity contribution in [3.8, 4) is 0 Å². The summed E-state index contributed by atoms with van der Waals surface area (Å²) in [5, 5.41) is 10.5. The normalized spacial score (nSPS) is 10.9. The topological polar surface area (TPSA) is 94.7 Å². The van der Waals surface area contributed by atoms with Crippen LogP contribution in [0.3, 0.4) is 0 Å². The van der Waals surface area contributed by atoms with E-state index in [1.165, 1.54) is 15.6 Å². The van der Waals surface area contributed by atoms with E-state index in [0.717, 1.165) is 11.3 Å². The van der Waals surface area contributed by atoms with Gasteiger partial charge in [-0.2, -0.15) is 0 Å². The third-order valence-corrected chi connectivity index (χ3v) is 4.18. The lowest BCUT2D eigenvalue weighted by atomic mass is 10.1. The van der Waals surface area contributed by atoms with Crippen LogP contribution in [-0.4, -0.2) is 30.5 Å². The molecule has 0 atom stereocenters. The summed E-state index contributed by atoms with van der Waals surface area (Å²) >= 11 is 0. The molecule has 2 aromatic heterocycles. The van der Waals surface area contributed by atoms with Gasteiger partial charge in [-0.3, -0.25) is 14.2 Å². The molecule has 1 N–H and O–H groups in total. The Morgan fingerprint density at radius 2 is 1.81 bits per heavy atom. The molecule has 1 amide bonds. The number of amides is 1. The summed E-state index contributed by atoms with van der Waals surface area (Å²) in [4.78, 5) is 29.0. The van der Waals surface area contributed by atoms with E-state index in [1.807, 2.05) is 42.5 Å². The first-order chi connectivity index (χ1) is 13.1. The molecule has 2 aromatic carbocycles. The lowest BCUT2D eigenvalue weighted by Gasteiger charge is -2.07. The van der Waals surface area contributed by atoms with E-state index >= 15 is 0 Å². The van der Waals surface area contributed by atoms with Gasteiger partial charge in [0.2, 0.25) is 0 Å². The number of carbonyl (C=O) groups excluding carboxylic acids is 1. The number of para-hydroxylation sites is 1. The van der Waals surface area contributed by atoms with Gasteiger partial charge in [0.25, 0.3) is 11.5 Å². The minimum atomic E-state index is -0.251. The van der Waals surface area contributed by atoms with Gasteiger partial charge >= 0.3 is 0 Å². The van der Waals surface area contributed by atoms with E-state index in [1.54, 1.807) is 19.2 Å². The Morgan fingerprint density at radius 1 is 1.07 bits per heavy atom. The second kappa shape index (κ2) is 6.83. The molecule has 8 heteroatoms. The maximum absolute atomic E-state index is 12.5. The van der Waals surface area contributed by atoms with Crippen molar-refractivity contribution in [2.75, 3.05) is 5.32 Å². The zero-order valence-electron chi connectivity index (χ0n) is 14.5. The van der Waals surface area contributed by atoms with Crippen LogP contribution in [-0.2, 0) is 13.6 Å². The molecule has 0 fully saturated rings. The number of nitrogens with zero attached hydrogens (tertiary/aromatic N) is 5. The van der Waals surface area contributed by atoms with Gasteiger partial charge in [0.1, 0.15) is 6.33 Å². The van der Waals surface area contributed by atoms with Crippen molar-refractivity contribution in [2.45, 2.75) is 6.54 Å². The third kappa shape index (κ3) is 3.32. The molecule has 134 valence electrons. The molecule has 0 aliphatic rings. The number of rotatable bonds is 4. The maximum Gasteiger partial charge on any atom is 0.283 e. The molecule has 4 aromatic rings. The number of aryl methyl sites for hydroxylation is 1. The first-order valence-electron chi connectivity index (χ1n) is 8.32. The summed E-state index contributed by atoms with van der Waals surface area (Å²) in [6, 6.07) is 16.3. The van der Waals surface area contributed by atoms with Gasteiger partial charge in [0.15, 0.2) is 11.2 Å². The average Bonchev–Trinajstić information content (AvgIpc) is 3.07. The smallest absolute Gasteiger partial charge is 0.283 e. The summed E-state index contributed by atoms with van der Waals surface area (Å²) in [5.41, 5.74) is 2.58. The van der Waals surface area contributed by atoms with Crippen molar-refractivity contribution in [3.63, 3.8) is 0 Å². The van der Waals surface area contributed by atoms with Crippen molar-refractivity contribution in [1.82, 2.24) is 24.5 Å². The molecule has 0 spiro atoms. The van der Waals surface area contributed by atoms with Gasteiger partial charge in [0.05, 0.1) is 6.54 Å². The van der Waals surface area contributed by atoms with E-state index in [2.05, 4.69) is 20.6 Å². The maximum atomic E-state index is 12.5. The van der Waals surface area contributed by atoms with Crippen molar-refractivity contribution < 1.29 is 4.79 Å². The van der Waals surface area contributed by atoms with Crippen molar-refractivity contribution in [3.05, 3.63) is 82.4 Å². The van der Waals surface area contributed by atoms with Crippen molar-refractivity contribution in [1.29, 1.82) is 0 Å². The fraction of sp³-hybridized carbons (Fsp3) is 0.105. The molecule has 0 aliphatic carbocycles.